The third-order valence-electron chi connectivity index (χ3n) is 2.97. The zero-order chi connectivity index (χ0) is 14.8. The standard InChI is InChI=1S/C15H13NO3S2/c1-9(11-7-8-12(19-11)14(17)18-2)20-15-16-10-5-3-4-6-13(10)21-15/h3-9H,1-2H3. The van der Waals surface area contributed by atoms with Crippen LogP contribution in [0.15, 0.2) is 45.2 Å². The van der Waals surface area contributed by atoms with E-state index in [1.54, 1.807) is 35.2 Å². The maximum Gasteiger partial charge on any atom is 0.373 e. The van der Waals surface area contributed by atoms with Crippen LogP contribution in [0.25, 0.3) is 10.2 Å². The molecule has 1 unspecified atom stereocenters. The molecule has 1 atom stereocenters. The molecule has 4 nitrogen and oxygen atoms in total. The molecule has 0 amide bonds. The lowest BCUT2D eigenvalue weighted by atomic mass is 10.3. The van der Waals surface area contributed by atoms with Crippen LogP contribution in [0.2, 0.25) is 0 Å². The van der Waals surface area contributed by atoms with E-state index >= 15 is 0 Å². The van der Waals surface area contributed by atoms with Crippen molar-refractivity contribution in [3.8, 4) is 0 Å². The largest absolute Gasteiger partial charge is 0.463 e. The number of benzene rings is 1. The molecule has 0 aliphatic carbocycles. The maximum atomic E-state index is 11.4. The number of para-hydroxylation sites is 1. The fraction of sp³-hybridized carbons (Fsp3) is 0.200. The van der Waals surface area contributed by atoms with Gasteiger partial charge in [-0.05, 0) is 31.2 Å². The number of aromatic nitrogens is 1. The Hall–Kier alpha value is -1.79. The Bertz CT molecular complexity index is 745. The number of ether oxygens (including phenoxy) is 1. The van der Waals surface area contributed by atoms with Crippen LogP contribution in [0.1, 0.15) is 28.5 Å². The zero-order valence-electron chi connectivity index (χ0n) is 11.5. The molecule has 6 heteroatoms. The normalized spacial score (nSPS) is 12.5. The number of esters is 1. The maximum absolute atomic E-state index is 11.4. The van der Waals surface area contributed by atoms with Crippen molar-refractivity contribution >= 4 is 39.3 Å². The van der Waals surface area contributed by atoms with Gasteiger partial charge in [0, 0.05) is 0 Å². The fourth-order valence-electron chi connectivity index (χ4n) is 1.89. The van der Waals surface area contributed by atoms with Gasteiger partial charge >= 0.3 is 5.97 Å². The van der Waals surface area contributed by atoms with Gasteiger partial charge in [0.25, 0.3) is 0 Å². The lowest BCUT2D eigenvalue weighted by Crippen LogP contribution is -1.98. The number of methoxy groups -OCH3 is 1. The number of furan rings is 1. The minimum absolute atomic E-state index is 0.0731. The Morgan fingerprint density at radius 1 is 1.33 bits per heavy atom. The molecule has 2 heterocycles. The number of thioether (sulfide) groups is 1. The van der Waals surface area contributed by atoms with Crippen molar-refractivity contribution in [1.29, 1.82) is 0 Å². The van der Waals surface area contributed by atoms with Crippen LogP contribution in [0.3, 0.4) is 0 Å². The average molecular weight is 319 g/mol. The van der Waals surface area contributed by atoms with Crippen LogP contribution in [-0.4, -0.2) is 18.1 Å². The van der Waals surface area contributed by atoms with E-state index < -0.39 is 5.97 Å². The Balaban J connectivity index is 1.77. The topological polar surface area (TPSA) is 52.3 Å². The van der Waals surface area contributed by atoms with Gasteiger partial charge in [-0.3, -0.25) is 0 Å². The van der Waals surface area contributed by atoms with Crippen LogP contribution in [0.5, 0.6) is 0 Å². The summed E-state index contributed by atoms with van der Waals surface area (Å²) in [5.74, 6) is 0.502. The molecule has 0 aliphatic rings. The number of thiazole rings is 1. The van der Waals surface area contributed by atoms with Crippen molar-refractivity contribution in [3.63, 3.8) is 0 Å². The van der Waals surface area contributed by atoms with E-state index in [1.807, 2.05) is 25.1 Å². The highest BCUT2D eigenvalue weighted by molar-refractivity contribution is 8.01. The third kappa shape index (κ3) is 2.96. The first kappa shape index (κ1) is 14.2. The van der Waals surface area contributed by atoms with Crippen molar-refractivity contribution in [2.75, 3.05) is 7.11 Å². The first-order chi connectivity index (χ1) is 10.2. The molecule has 21 heavy (non-hydrogen) atoms. The molecular weight excluding hydrogens is 306 g/mol. The summed E-state index contributed by atoms with van der Waals surface area (Å²) >= 11 is 3.27. The van der Waals surface area contributed by atoms with Crippen molar-refractivity contribution < 1.29 is 13.9 Å². The van der Waals surface area contributed by atoms with Crippen LogP contribution in [-0.2, 0) is 4.74 Å². The molecule has 0 aliphatic heterocycles. The molecule has 108 valence electrons. The number of fused-ring (bicyclic) bond motifs is 1. The number of rotatable bonds is 4. The molecule has 0 bridgehead atoms. The van der Waals surface area contributed by atoms with Crippen molar-refractivity contribution in [3.05, 3.63) is 47.9 Å². The monoisotopic (exact) mass is 319 g/mol. The summed E-state index contributed by atoms with van der Waals surface area (Å²) in [6, 6.07) is 11.5. The van der Waals surface area contributed by atoms with Gasteiger partial charge in [-0.2, -0.15) is 0 Å². The predicted molar refractivity (Wildman–Crippen MR) is 83.9 cm³/mol. The Morgan fingerprint density at radius 3 is 2.90 bits per heavy atom. The van der Waals surface area contributed by atoms with E-state index in [-0.39, 0.29) is 11.0 Å². The molecule has 0 fully saturated rings. The molecular formula is C15H13NO3S2. The molecule has 0 saturated heterocycles. The Labute approximate surface area is 130 Å². The van der Waals surface area contributed by atoms with Crippen molar-refractivity contribution in [2.45, 2.75) is 16.5 Å². The Kier molecular flexibility index (Phi) is 3.98. The second kappa shape index (κ2) is 5.91. The van der Waals surface area contributed by atoms with Gasteiger partial charge in [-0.25, -0.2) is 9.78 Å². The fourth-order valence-corrected chi connectivity index (χ4v) is 4.18. The first-order valence-electron chi connectivity index (χ1n) is 6.37. The number of carbonyl (C=O) groups excluding carboxylic acids is 1. The molecule has 3 rings (SSSR count). The summed E-state index contributed by atoms with van der Waals surface area (Å²) < 4.78 is 12.3. The van der Waals surface area contributed by atoms with Gasteiger partial charge in [-0.15, -0.1) is 11.3 Å². The summed E-state index contributed by atoms with van der Waals surface area (Å²) in [6.45, 7) is 2.02. The number of hydrogen-bond donors (Lipinski definition) is 0. The van der Waals surface area contributed by atoms with Crippen molar-refractivity contribution in [2.24, 2.45) is 0 Å². The molecule has 2 aromatic heterocycles. The third-order valence-corrected chi connectivity index (χ3v) is 5.21. The van der Waals surface area contributed by atoms with Crippen LogP contribution in [0.4, 0.5) is 0 Å². The summed E-state index contributed by atoms with van der Waals surface area (Å²) in [4.78, 5) is 16.0. The van der Waals surface area contributed by atoms with Crippen LogP contribution < -0.4 is 0 Å². The van der Waals surface area contributed by atoms with E-state index in [0.29, 0.717) is 0 Å². The molecule has 0 saturated carbocycles. The van der Waals surface area contributed by atoms with Crippen LogP contribution in [0, 0.1) is 0 Å². The van der Waals surface area contributed by atoms with Gasteiger partial charge in [0.05, 0.1) is 22.6 Å². The minimum Gasteiger partial charge on any atom is -0.463 e. The lowest BCUT2D eigenvalue weighted by molar-refractivity contribution is 0.0563. The van der Waals surface area contributed by atoms with Gasteiger partial charge in [-0.1, -0.05) is 23.9 Å². The highest BCUT2D eigenvalue weighted by Crippen LogP contribution is 2.39. The van der Waals surface area contributed by atoms with Gasteiger partial charge in [0.2, 0.25) is 5.76 Å². The average Bonchev–Trinajstić information content (AvgIpc) is 3.12. The number of hydrogen-bond acceptors (Lipinski definition) is 6. The number of carbonyl (C=O) groups is 1. The summed E-state index contributed by atoms with van der Waals surface area (Å²) in [5.41, 5.74) is 1.01. The van der Waals surface area contributed by atoms with E-state index in [4.69, 9.17) is 4.42 Å². The van der Waals surface area contributed by atoms with Gasteiger partial charge in [0.1, 0.15) is 5.76 Å². The SMILES string of the molecule is COC(=O)c1ccc(C(C)Sc2nc3ccccc3s2)o1. The van der Waals surface area contributed by atoms with E-state index in [2.05, 4.69) is 15.8 Å². The second-order valence-corrected chi connectivity index (χ2v) is 7.02. The highest BCUT2D eigenvalue weighted by Gasteiger charge is 2.17. The Morgan fingerprint density at radius 2 is 2.14 bits per heavy atom. The minimum atomic E-state index is -0.460. The smallest absolute Gasteiger partial charge is 0.373 e. The first-order valence-corrected chi connectivity index (χ1v) is 8.07. The van der Waals surface area contributed by atoms with Crippen LogP contribution >= 0.6 is 23.1 Å². The van der Waals surface area contributed by atoms with Gasteiger partial charge < -0.3 is 9.15 Å². The highest BCUT2D eigenvalue weighted by atomic mass is 32.2. The molecule has 0 N–H and O–H groups in total. The van der Waals surface area contributed by atoms with Gasteiger partial charge in [0.15, 0.2) is 4.34 Å². The van der Waals surface area contributed by atoms with E-state index in [9.17, 15) is 4.79 Å². The lowest BCUT2D eigenvalue weighted by Gasteiger charge is -2.04. The molecule has 0 radical (unpaired) electrons. The quantitative estimate of drug-likeness (QED) is 0.522. The van der Waals surface area contributed by atoms with Crippen molar-refractivity contribution in [1.82, 2.24) is 4.98 Å². The zero-order valence-corrected chi connectivity index (χ0v) is 13.2. The molecule has 1 aromatic carbocycles. The number of nitrogens with zero attached hydrogens (tertiary/aromatic N) is 1. The second-order valence-electron chi connectivity index (χ2n) is 4.40. The summed E-state index contributed by atoms with van der Waals surface area (Å²) in [6.07, 6.45) is 0. The predicted octanol–water partition coefficient (Wildman–Crippen LogP) is 4.53. The summed E-state index contributed by atoms with van der Waals surface area (Å²) in [7, 11) is 1.34. The molecule has 3 aromatic rings. The summed E-state index contributed by atoms with van der Waals surface area (Å²) in [5, 5.41) is 0.0731. The van der Waals surface area contributed by atoms with E-state index in [1.165, 1.54) is 11.8 Å². The van der Waals surface area contributed by atoms with E-state index in [0.717, 1.165) is 15.6 Å². The molecule has 0 spiro atoms.